The van der Waals surface area contributed by atoms with Crippen LogP contribution >= 0.6 is 11.3 Å². The molecule has 1 amide bonds. The number of aryl methyl sites for hydroxylation is 1. The third kappa shape index (κ3) is 3.88. The average Bonchev–Trinajstić information content (AvgIpc) is 2.81. The van der Waals surface area contributed by atoms with Crippen LogP contribution in [0.25, 0.3) is 11.3 Å². The number of aliphatic carboxylic acids is 1. The highest BCUT2D eigenvalue weighted by Gasteiger charge is 2.20. The van der Waals surface area contributed by atoms with E-state index in [4.69, 9.17) is 5.11 Å². The predicted octanol–water partition coefficient (Wildman–Crippen LogP) is 2.71. The normalized spacial score (nSPS) is 11.9. The summed E-state index contributed by atoms with van der Waals surface area (Å²) in [5.74, 6) is -1.22. The SMILES string of the molecule is Cc1nc(-c2ccccc2)c(C(=O)NC(C)CC(=O)O)s1. The summed E-state index contributed by atoms with van der Waals surface area (Å²) in [4.78, 5) is 27.9. The summed E-state index contributed by atoms with van der Waals surface area (Å²) in [5.41, 5.74) is 1.51. The fraction of sp³-hybridized carbons (Fsp3) is 0.267. The molecule has 0 aliphatic rings. The number of thiazole rings is 1. The van der Waals surface area contributed by atoms with Crippen molar-refractivity contribution in [3.8, 4) is 11.3 Å². The fourth-order valence-electron chi connectivity index (χ4n) is 1.97. The first-order valence-electron chi connectivity index (χ1n) is 6.53. The van der Waals surface area contributed by atoms with Crippen molar-refractivity contribution in [2.45, 2.75) is 26.3 Å². The number of nitrogens with zero attached hydrogens (tertiary/aromatic N) is 1. The Bertz CT molecular complexity index is 652. The van der Waals surface area contributed by atoms with E-state index >= 15 is 0 Å². The first-order valence-corrected chi connectivity index (χ1v) is 7.34. The molecule has 0 fully saturated rings. The van der Waals surface area contributed by atoms with Gasteiger partial charge in [-0.3, -0.25) is 9.59 Å². The van der Waals surface area contributed by atoms with Crippen molar-refractivity contribution in [2.75, 3.05) is 0 Å². The van der Waals surface area contributed by atoms with Crippen LogP contribution in [0.2, 0.25) is 0 Å². The monoisotopic (exact) mass is 304 g/mol. The molecule has 0 radical (unpaired) electrons. The van der Waals surface area contributed by atoms with Crippen LogP contribution in [0.15, 0.2) is 30.3 Å². The zero-order chi connectivity index (χ0) is 15.4. The van der Waals surface area contributed by atoms with Gasteiger partial charge in [0.25, 0.3) is 5.91 Å². The molecule has 0 aliphatic carbocycles. The van der Waals surface area contributed by atoms with E-state index in [-0.39, 0.29) is 12.3 Å². The molecule has 0 aliphatic heterocycles. The van der Waals surface area contributed by atoms with Gasteiger partial charge < -0.3 is 10.4 Å². The molecule has 5 nitrogen and oxygen atoms in total. The van der Waals surface area contributed by atoms with Crippen LogP contribution in [0.3, 0.4) is 0 Å². The van der Waals surface area contributed by atoms with Crippen LogP contribution in [0.1, 0.15) is 28.0 Å². The summed E-state index contributed by atoms with van der Waals surface area (Å²) >= 11 is 1.31. The van der Waals surface area contributed by atoms with Crippen molar-refractivity contribution in [1.82, 2.24) is 10.3 Å². The highest BCUT2D eigenvalue weighted by molar-refractivity contribution is 7.14. The maximum atomic E-state index is 12.3. The van der Waals surface area contributed by atoms with Crippen LogP contribution < -0.4 is 5.32 Å². The van der Waals surface area contributed by atoms with E-state index in [1.807, 2.05) is 37.3 Å². The number of carboxylic acids is 1. The Morgan fingerprint density at radius 1 is 1.33 bits per heavy atom. The molecular formula is C15H16N2O3S. The number of benzene rings is 1. The molecule has 1 atom stereocenters. The summed E-state index contributed by atoms with van der Waals surface area (Å²) < 4.78 is 0. The van der Waals surface area contributed by atoms with Gasteiger partial charge in [0.05, 0.1) is 17.1 Å². The minimum absolute atomic E-state index is 0.107. The van der Waals surface area contributed by atoms with E-state index in [1.165, 1.54) is 11.3 Å². The van der Waals surface area contributed by atoms with Crippen molar-refractivity contribution in [2.24, 2.45) is 0 Å². The Balaban J connectivity index is 2.24. The van der Waals surface area contributed by atoms with Gasteiger partial charge in [-0.15, -0.1) is 11.3 Å². The molecule has 6 heteroatoms. The number of aromatic nitrogens is 1. The van der Waals surface area contributed by atoms with Crippen LogP contribution in [-0.2, 0) is 4.79 Å². The molecule has 2 N–H and O–H groups in total. The number of carbonyl (C=O) groups excluding carboxylic acids is 1. The molecule has 0 bridgehead atoms. The second-order valence-electron chi connectivity index (χ2n) is 4.75. The summed E-state index contributed by atoms with van der Waals surface area (Å²) in [6.07, 6.45) is -0.107. The molecule has 1 unspecified atom stereocenters. The first kappa shape index (κ1) is 15.2. The highest BCUT2D eigenvalue weighted by atomic mass is 32.1. The second kappa shape index (κ2) is 6.49. The van der Waals surface area contributed by atoms with Gasteiger partial charge in [-0.05, 0) is 13.8 Å². The van der Waals surface area contributed by atoms with Gasteiger partial charge in [-0.25, -0.2) is 4.98 Å². The summed E-state index contributed by atoms with van der Waals surface area (Å²) in [5, 5.41) is 12.2. The molecule has 0 saturated carbocycles. The largest absolute Gasteiger partial charge is 0.481 e. The van der Waals surface area contributed by atoms with Gasteiger partial charge in [0.1, 0.15) is 4.88 Å². The summed E-state index contributed by atoms with van der Waals surface area (Å²) in [7, 11) is 0. The Morgan fingerprint density at radius 2 is 2.00 bits per heavy atom. The van der Waals surface area contributed by atoms with Gasteiger partial charge in [0.2, 0.25) is 0 Å². The van der Waals surface area contributed by atoms with E-state index in [0.717, 1.165) is 10.6 Å². The van der Waals surface area contributed by atoms with E-state index < -0.39 is 12.0 Å². The zero-order valence-electron chi connectivity index (χ0n) is 11.8. The first-order chi connectivity index (χ1) is 9.97. The standard InChI is InChI=1S/C15H16N2O3S/c1-9(8-12(18)19)16-15(20)14-13(17-10(2)21-14)11-6-4-3-5-7-11/h3-7,9H,8H2,1-2H3,(H,16,20)(H,18,19). The molecule has 0 spiro atoms. The minimum Gasteiger partial charge on any atom is -0.481 e. The highest BCUT2D eigenvalue weighted by Crippen LogP contribution is 2.27. The van der Waals surface area contributed by atoms with Gasteiger partial charge in [-0.2, -0.15) is 0 Å². The van der Waals surface area contributed by atoms with Crippen LogP contribution in [0.5, 0.6) is 0 Å². The smallest absolute Gasteiger partial charge is 0.305 e. The van der Waals surface area contributed by atoms with Gasteiger partial charge >= 0.3 is 5.97 Å². The lowest BCUT2D eigenvalue weighted by Gasteiger charge is -2.11. The van der Waals surface area contributed by atoms with Crippen molar-refractivity contribution in [1.29, 1.82) is 0 Å². The van der Waals surface area contributed by atoms with Crippen LogP contribution in [0, 0.1) is 6.92 Å². The lowest BCUT2D eigenvalue weighted by atomic mass is 10.1. The number of carboxylic acid groups (broad SMARTS) is 1. The van der Waals surface area contributed by atoms with Gasteiger partial charge in [0, 0.05) is 11.6 Å². The Kier molecular flexibility index (Phi) is 4.70. The second-order valence-corrected chi connectivity index (χ2v) is 5.95. The van der Waals surface area contributed by atoms with Gasteiger partial charge in [-0.1, -0.05) is 30.3 Å². The minimum atomic E-state index is -0.938. The summed E-state index contributed by atoms with van der Waals surface area (Å²) in [6.45, 7) is 3.51. The molecule has 21 heavy (non-hydrogen) atoms. The number of nitrogens with one attached hydrogen (secondary N) is 1. The van der Waals surface area contributed by atoms with E-state index in [0.29, 0.717) is 10.6 Å². The molecule has 1 heterocycles. The van der Waals surface area contributed by atoms with E-state index in [1.54, 1.807) is 6.92 Å². The predicted molar refractivity (Wildman–Crippen MR) is 81.5 cm³/mol. The Labute approximate surface area is 126 Å². The Hall–Kier alpha value is -2.21. The topological polar surface area (TPSA) is 79.3 Å². The van der Waals surface area contributed by atoms with Crippen molar-refractivity contribution in [3.05, 3.63) is 40.2 Å². The average molecular weight is 304 g/mol. The lowest BCUT2D eigenvalue weighted by molar-refractivity contribution is -0.137. The molecule has 110 valence electrons. The number of hydrogen-bond acceptors (Lipinski definition) is 4. The zero-order valence-corrected chi connectivity index (χ0v) is 12.6. The molecule has 0 saturated heterocycles. The number of amides is 1. The number of rotatable bonds is 5. The molecule has 1 aromatic heterocycles. The van der Waals surface area contributed by atoms with Gasteiger partial charge in [0.15, 0.2) is 0 Å². The summed E-state index contributed by atoms with van der Waals surface area (Å²) in [6, 6.07) is 9.04. The number of carbonyl (C=O) groups is 2. The maximum absolute atomic E-state index is 12.3. The Morgan fingerprint density at radius 3 is 2.62 bits per heavy atom. The number of hydrogen-bond donors (Lipinski definition) is 2. The van der Waals surface area contributed by atoms with Crippen LogP contribution in [-0.4, -0.2) is 28.0 Å². The third-order valence-corrected chi connectivity index (χ3v) is 3.82. The van der Waals surface area contributed by atoms with E-state index in [2.05, 4.69) is 10.3 Å². The lowest BCUT2D eigenvalue weighted by Crippen LogP contribution is -2.34. The fourth-order valence-corrected chi connectivity index (χ4v) is 2.82. The molecule has 2 rings (SSSR count). The third-order valence-electron chi connectivity index (χ3n) is 2.85. The molecular weight excluding hydrogens is 288 g/mol. The molecule has 1 aromatic carbocycles. The van der Waals surface area contributed by atoms with Crippen LogP contribution in [0.4, 0.5) is 0 Å². The molecule has 2 aromatic rings. The quantitative estimate of drug-likeness (QED) is 0.890. The maximum Gasteiger partial charge on any atom is 0.305 e. The van der Waals surface area contributed by atoms with E-state index in [9.17, 15) is 9.59 Å². The van der Waals surface area contributed by atoms with Crippen molar-refractivity contribution >= 4 is 23.2 Å². The van der Waals surface area contributed by atoms with Crippen molar-refractivity contribution < 1.29 is 14.7 Å². The van der Waals surface area contributed by atoms with Crippen molar-refractivity contribution in [3.63, 3.8) is 0 Å².